The molecule has 29 heavy (non-hydrogen) atoms. The third kappa shape index (κ3) is 4.06. The molecule has 4 heteroatoms. The molecular weight excluding hydrogens is 364 g/mol. The predicted molar refractivity (Wildman–Crippen MR) is 112 cm³/mol. The summed E-state index contributed by atoms with van der Waals surface area (Å²) in [6.07, 6.45) is 5.69. The first-order chi connectivity index (χ1) is 14.1. The van der Waals surface area contributed by atoms with Crippen LogP contribution < -0.4 is 9.47 Å². The van der Waals surface area contributed by atoms with Gasteiger partial charge < -0.3 is 9.47 Å². The number of fused-ring (bicyclic) bond motifs is 1. The summed E-state index contributed by atoms with van der Waals surface area (Å²) in [7, 11) is 0. The molecule has 3 aromatic rings. The van der Waals surface area contributed by atoms with E-state index in [2.05, 4.69) is 0 Å². The second-order valence-electron chi connectivity index (χ2n) is 7.18. The maximum Gasteiger partial charge on any atom is 0.343 e. The second-order valence-corrected chi connectivity index (χ2v) is 7.18. The molecule has 0 saturated carbocycles. The Morgan fingerprint density at radius 1 is 0.793 bits per heavy atom. The fourth-order valence-corrected chi connectivity index (χ4v) is 3.59. The van der Waals surface area contributed by atoms with Crippen LogP contribution in [0.25, 0.3) is 10.8 Å². The monoisotopic (exact) mass is 386 g/mol. The minimum absolute atomic E-state index is 0.336. The summed E-state index contributed by atoms with van der Waals surface area (Å²) in [5.74, 6) is -0.00659. The van der Waals surface area contributed by atoms with Crippen molar-refractivity contribution in [3.05, 3.63) is 83.4 Å². The number of aryl methyl sites for hydroxylation is 1. The van der Waals surface area contributed by atoms with Crippen LogP contribution in [0.2, 0.25) is 0 Å². The van der Waals surface area contributed by atoms with Gasteiger partial charge in [0.1, 0.15) is 11.5 Å². The van der Waals surface area contributed by atoms with Gasteiger partial charge in [-0.1, -0.05) is 48.5 Å². The Bertz CT molecular complexity index is 1110. The first-order valence-corrected chi connectivity index (χ1v) is 9.84. The Kier molecular flexibility index (Phi) is 5.43. The zero-order valence-corrected chi connectivity index (χ0v) is 16.3. The van der Waals surface area contributed by atoms with E-state index in [1.165, 1.54) is 0 Å². The molecule has 0 unspecified atom stereocenters. The van der Waals surface area contributed by atoms with Gasteiger partial charge >= 0.3 is 11.9 Å². The molecule has 1 aliphatic carbocycles. The highest BCUT2D eigenvalue weighted by Crippen LogP contribution is 2.35. The van der Waals surface area contributed by atoms with Crippen LogP contribution in [-0.4, -0.2) is 11.9 Å². The maximum atomic E-state index is 12.7. The normalized spacial score (nSPS) is 13.6. The Balaban J connectivity index is 1.68. The van der Waals surface area contributed by atoms with Crippen molar-refractivity contribution in [2.75, 3.05) is 0 Å². The Morgan fingerprint density at radius 3 is 2.14 bits per heavy atom. The molecule has 4 rings (SSSR count). The molecule has 3 aromatic carbocycles. The van der Waals surface area contributed by atoms with Crippen molar-refractivity contribution in [1.29, 1.82) is 0 Å². The van der Waals surface area contributed by atoms with Crippen LogP contribution in [0.1, 0.15) is 41.6 Å². The summed E-state index contributed by atoms with van der Waals surface area (Å²) in [6, 6.07) is 18.2. The summed E-state index contributed by atoms with van der Waals surface area (Å²) in [6.45, 7) is 1.87. The highest BCUT2D eigenvalue weighted by atomic mass is 16.5. The third-order valence-electron chi connectivity index (χ3n) is 5.15. The highest BCUT2D eigenvalue weighted by molar-refractivity contribution is 6.00. The average molecular weight is 386 g/mol. The number of benzene rings is 3. The molecule has 0 spiro atoms. The molecular formula is C25H22O4. The fourth-order valence-electron chi connectivity index (χ4n) is 3.59. The van der Waals surface area contributed by atoms with Crippen LogP contribution in [-0.2, 0) is 4.79 Å². The summed E-state index contributed by atoms with van der Waals surface area (Å²) >= 11 is 0. The van der Waals surface area contributed by atoms with Crippen LogP contribution in [0.4, 0.5) is 0 Å². The van der Waals surface area contributed by atoms with E-state index in [4.69, 9.17) is 9.47 Å². The molecule has 0 atom stereocenters. The van der Waals surface area contributed by atoms with Crippen molar-refractivity contribution in [2.45, 2.75) is 32.6 Å². The zero-order valence-electron chi connectivity index (χ0n) is 16.3. The van der Waals surface area contributed by atoms with Crippen molar-refractivity contribution in [2.24, 2.45) is 0 Å². The van der Waals surface area contributed by atoms with Crippen molar-refractivity contribution >= 4 is 22.7 Å². The molecule has 0 amide bonds. The SMILES string of the molecule is Cc1ccccc1C(=O)Oc1cccc2cccc(OC(=O)C3=CCCCC3)c12. The van der Waals surface area contributed by atoms with Gasteiger partial charge in [0.25, 0.3) is 0 Å². The molecule has 146 valence electrons. The average Bonchev–Trinajstić information content (AvgIpc) is 2.75. The lowest BCUT2D eigenvalue weighted by atomic mass is 10.00. The van der Waals surface area contributed by atoms with Gasteiger partial charge in [0.05, 0.1) is 10.9 Å². The minimum Gasteiger partial charge on any atom is -0.422 e. The Morgan fingerprint density at radius 2 is 1.48 bits per heavy atom. The van der Waals surface area contributed by atoms with Gasteiger partial charge in [-0.25, -0.2) is 9.59 Å². The first kappa shape index (κ1) is 18.9. The van der Waals surface area contributed by atoms with Crippen molar-refractivity contribution < 1.29 is 19.1 Å². The molecule has 1 aliphatic rings. The van der Waals surface area contributed by atoms with E-state index in [9.17, 15) is 9.59 Å². The number of carbonyl (C=O) groups excluding carboxylic acids is 2. The number of carbonyl (C=O) groups is 2. The van der Waals surface area contributed by atoms with E-state index >= 15 is 0 Å². The van der Waals surface area contributed by atoms with Gasteiger partial charge in [0, 0.05) is 5.57 Å². The second kappa shape index (κ2) is 8.31. The maximum absolute atomic E-state index is 12.7. The zero-order chi connectivity index (χ0) is 20.2. The molecule has 0 N–H and O–H groups in total. The fraction of sp³-hybridized carbons (Fsp3) is 0.200. The van der Waals surface area contributed by atoms with E-state index in [1.807, 2.05) is 49.4 Å². The van der Waals surface area contributed by atoms with Gasteiger partial charge in [-0.05, 0) is 61.8 Å². The number of hydrogen-bond acceptors (Lipinski definition) is 4. The van der Waals surface area contributed by atoms with Crippen molar-refractivity contribution in [1.82, 2.24) is 0 Å². The van der Waals surface area contributed by atoms with Gasteiger partial charge in [0.15, 0.2) is 0 Å². The van der Waals surface area contributed by atoms with Gasteiger partial charge in [-0.15, -0.1) is 0 Å². The lowest BCUT2D eigenvalue weighted by molar-refractivity contribution is -0.130. The number of rotatable bonds is 4. The van der Waals surface area contributed by atoms with E-state index in [1.54, 1.807) is 24.3 Å². The summed E-state index contributed by atoms with van der Waals surface area (Å²) in [4.78, 5) is 25.3. The third-order valence-corrected chi connectivity index (χ3v) is 5.15. The first-order valence-electron chi connectivity index (χ1n) is 9.84. The van der Waals surface area contributed by atoms with Gasteiger partial charge in [0.2, 0.25) is 0 Å². The standard InChI is InChI=1S/C25H22O4/c1-17-9-5-6-14-20(17)25(27)29-22-16-8-13-18-12-7-15-21(23(18)22)28-24(26)19-10-3-2-4-11-19/h5-10,12-16H,2-4,11H2,1H3. The summed E-state index contributed by atoms with van der Waals surface area (Å²) in [5, 5.41) is 1.45. The number of allylic oxidation sites excluding steroid dienone is 1. The lowest BCUT2D eigenvalue weighted by Gasteiger charge is -2.15. The van der Waals surface area contributed by atoms with Crippen molar-refractivity contribution in [3.8, 4) is 11.5 Å². The largest absolute Gasteiger partial charge is 0.422 e. The molecule has 0 aromatic heterocycles. The van der Waals surface area contributed by atoms with Crippen LogP contribution in [0, 0.1) is 6.92 Å². The molecule has 0 saturated heterocycles. The number of hydrogen-bond donors (Lipinski definition) is 0. The predicted octanol–water partition coefficient (Wildman–Crippen LogP) is 5.77. The molecule has 4 nitrogen and oxygen atoms in total. The lowest BCUT2D eigenvalue weighted by Crippen LogP contribution is -2.14. The molecule has 0 fully saturated rings. The molecule has 0 bridgehead atoms. The highest BCUT2D eigenvalue weighted by Gasteiger charge is 2.19. The quantitative estimate of drug-likeness (QED) is 0.422. The summed E-state index contributed by atoms with van der Waals surface area (Å²) < 4.78 is 11.4. The van der Waals surface area contributed by atoms with Gasteiger partial charge in [-0.3, -0.25) is 0 Å². The smallest absolute Gasteiger partial charge is 0.343 e. The van der Waals surface area contributed by atoms with E-state index in [0.29, 0.717) is 28.0 Å². The Hall–Kier alpha value is -3.40. The topological polar surface area (TPSA) is 52.6 Å². The molecule has 0 aliphatic heterocycles. The van der Waals surface area contributed by atoms with Crippen LogP contribution in [0.5, 0.6) is 11.5 Å². The van der Waals surface area contributed by atoms with Crippen molar-refractivity contribution in [3.63, 3.8) is 0 Å². The van der Waals surface area contributed by atoms with E-state index < -0.39 is 5.97 Å². The van der Waals surface area contributed by atoms with Crippen LogP contribution >= 0.6 is 0 Å². The number of esters is 2. The van der Waals surface area contributed by atoms with E-state index in [-0.39, 0.29) is 5.97 Å². The number of ether oxygens (including phenoxy) is 2. The molecule has 0 radical (unpaired) electrons. The minimum atomic E-state index is -0.438. The van der Waals surface area contributed by atoms with Crippen LogP contribution in [0.3, 0.4) is 0 Å². The summed E-state index contributed by atoms with van der Waals surface area (Å²) in [5.41, 5.74) is 2.06. The van der Waals surface area contributed by atoms with E-state index in [0.717, 1.165) is 36.6 Å². The van der Waals surface area contributed by atoms with Crippen LogP contribution in [0.15, 0.2) is 72.3 Å². The Labute approximate surface area is 169 Å². The van der Waals surface area contributed by atoms with Gasteiger partial charge in [-0.2, -0.15) is 0 Å². The molecule has 0 heterocycles.